The molecular formula is C45H68Cl3N5O2. The molecular weight excluding hydrogens is 749 g/mol. The molecule has 4 heterocycles. The number of benzene rings is 2. The number of piperidine rings is 2. The van der Waals surface area contributed by atoms with Gasteiger partial charge in [-0.1, -0.05) is 41.9 Å². The summed E-state index contributed by atoms with van der Waals surface area (Å²) in [5.74, 6) is 2.26. The Morgan fingerprint density at radius 1 is 0.691 bits per heavy atom. The Morgan fingerprint density at radius 3 is 1.84 bits per heavy atom. The molecule has 7 nitrogen and oxygen atoms in total. The van der Waals surface area contributed by atoms with Crippen molar-refractivity contribution >= 4 is 59.2 Å². The number of rotatable bonds is 12. The highest BCUT2D eigenvalue weighted by Crippen LogP contribution is 2.33. The summed E-state index contributed by atoms with van der Waals surface area (Å²) >= 11 is 6.28. The van der Waals surface area contributed by atoms with Gasteiger partial charge in [0.15, 0.2) is 0 Å². The summed E-state index contributed by atoms with van der Waals surface area (Å²) in [6, 6.07) is 13.3. The number of fused-ring (bicyclic) bond motifs is 1. The average Bonchev–Trinajstić information content (AvgIpc) is 3.65. The lowest BCUT2D eigenvalue weighted by atomic mass is 9.91. The van der Waals surface area contributed by atoms with Crippen molar-refractivity contribution in [1.82, 2.24) is 19.6 Å². The fourth-order valence-electron chi connectivity index (χ4n) is 9.31. The third-order valence-corrected chi connectivity index (χ3v) is 13.1. The lowest BCUT2D eigenvalue weighted by Crippen LogP contribution is -2.47. The number of carbonyl (C=O) groups is 2. The van der Waals surface area contributed by atoms with E-state index in [1.807, 2.05) is 0 Å². The zero-order valence-corrected chi connectivity index (χ0v) is 36.3. The standard InChI is InChI=1S/C24H34N2O.C21H32ClN3O.2ClH/c1-19(27)18-26-14-9-20(10-15-26)8-13-25-16-11-22(12-17-25)24-7-3-5-21-4-2-6-23(21)24;1-17-3-4-20(15-21(17)22)25-13-11-23(12-14-25)8-5-19-6-9-24(10-7-19)16-18(2)26;;/h3,5,7,11,20H,2,4,6,8-10,12-18H2,1H3;3-4,15,19H,5-14,16H2,1-2H3;2*1H. The second-order valence-electron chi connectivity index (χ2n) is 16.8. The quantitative estimate of drug-likeness (QED) is 0.214. The molecule has 2 aromatic carbocycles. The van der Waals surface area contributed by atoms with E-state index in [1.54, 1.807) is 36.1 Å². The summed E-state index contributed by atoms with van der Waals surface area (Å²) in [5, 5.41) is 0.862. The number of aryl methyl sites for hydroxylation is 2. The SMILES string of the molecule is CC(=O)CN1CCC(CCN2CC=C(c3cccc4c3CCC4)CC2)CC1.CC(=O)CN1CCC(CCN2CCN(c3ccc(C)c(Cl)c3)CC2)CC1.Cl.Cl. The third-order valence-electron chi connectivity index (χ3n) is 12.7. The molecule has 0 unspecified atom stereocenters. The van der Waals surface area contributed by atoms with Crippen molar-refractivity contribution in [3.8, 4) is 0 Å². The normalized spacial score (nSPS) is 20.4. The van der Waals surface area contributed by atoms with Crippen LogP contribution in [0.3, 0.4) is 0 Å². The molecule has 306 valence electrons. The van der Waals surface area contributed by atoms with E-state index in [2.05, 4.69) is 73.9 Å². The average molecular weight is 817 g/mol. The van der Waals surface area contributed by atoms with Crippen LogP contribution in [-0.4, -0.2) is 123 Å². The van der Waals surface area contributed by atoms with Gasteiger partial charge in [-0.3, -0.25) is 29.2 Å². The predicted octanol–water partition coefficient (Wildman–Crippen LogP) is 8.26. The summed E-state index contributed by atoms with van der Waals surface area (Å²) in [4.78, 5) is 34.8. The maximum Gasteiger partial charge on any atom is 0.143 e. The fraction of sp³-hybridized carbons (Fsp3) is 0.644. The summed E-state index contributed by atoms with van der Waals surface area (Å²) in [6.07, 6.45) is 15.2. The van der Waals surface area contributed by atoms with Gasteiger partial charge in [0.05, 0.1) is 13.1 Å². The maximum atomic E-state index is 11.3. The number of hydrogen-bond donors (Lipinski definition) is 0. The number of ketones is 2. The largest absolute Gasteiger partial charge is 0.369 e. The zero-order chi connectivity index (χ0) is 37.2. The van der Waals surface area contributed by atoms with Gasteiger partial charge in [-0.2, -0.15) is 0 Å². The number of likely N-dealkylation sites (tertiary alicyclic amines) is 2. The smallest absolute Gasteiger partial charge is 0.143 e. The van der Waals surface area contributed by atoms with Gasteiger partial charge >= 0.3 is 0 Å². The first-order valence-electron chi connectivity index (χ1n) is 20.9. The number of piperazine rings is 1. The maximum absolute atomic E-state index is 11.3. The Morgan fingerprint density at radius 2 is 1.29 bits per heavy atom. The number of anilines is 1. The first-order valence-corrected chi connectivity index (χ1v) is 21.3. The molecule has 0 aromatic heterocycles. The van der Waals surface area contributed by atoms with Crippen LogP contribution < -0.4 is 4.90 Å². The van der Waals surface area contributed by atoms with E-state index in [4.69, 9.17) is 11.6 Å². The molecule has 5 aliphatic rings. The molecule has 0 spiro atoms. The summed E-state index contributed by atoms with van der Waals surface area (Å²) in [5.41, 5.74) is 8.74. The van der Waals surface area contributed by atoms with Crippen LogP contribution in [0.25, 0.3) is 5.57 Å². The molecule has 55 heavy (non-hydrogen) atoms. The van der Waals surface area contributed by atoms with Crippen molar-refractivity contribution < 1.29 is 9.59 Å². The molecule has 4 aliphatic heterocycles. The highest BCUT2D eigenvalue weighted by atomic mass is 35.5. The Bertz CT molecular complexity index is 1540. The highest BCUT2D eigenvalue weighted by Gasteiger charge is 2.24. The van der Waals surface area contributed by atoms with Crippen LogP contribution in [0.15, 0.2) is 42.5 Å². The lowest BCUT2D eigenvalue weighted by Gasteiger charge is -2.37. The lowest BCUT2D eigenvalue weighted by molar-refractivity contribution is -0.119. The molecule has 0 bridgehead atoms. The van der Waals surface area contributed by atoms with Crippen LogP contribution in [0, 0.1) is 18.8 Å². The Balaban J connectivity index is 0.000000236. The molecule has 2 aromatic rings. The Hall–Kier alpha value is -1.97. The van der Waals surface area contributed by atoms with Gasteiger partial charge in [-0.15, -0.1) is 24.8 Å². The van der Waals surface area contributed by atoms with Crippen molar-refractivity contribution in [2.24, 2.45) is 11.8 Å². The molecule has 0 atom stereocenters. The number of nitrogens with zero attached hydrogens (tertiary/aromatic N) is 5. The second kappa shape index (κ2) is 22.8. The van der Waals surface area contributed by atoms with Gasteiger partial charge in [0, 0.05) is 50.0 Å². The topological polar surface area (TPSA) is 50.3 Å². The minimum Gasteiger partial charge on any atom is -0.369 e. The zero-order valence-electron chi connectivity index (χ0n) is 33.9. The van der Waals surface area contributed by atoms with Crippen molar-refractivity contribution in [2.75, 3.05) is 96.5 Å². The Labute approximate surface area is 350 Å². The number of hydrogen-bond acceptors (Lipinski definition) is 7. The van der Waals surface area contributed by atoms with Gasteiger partial charge in [0.25, 0.3) is 0 Å². The first kappa shape index (κ1) is 45.7. The number of Topliss-reactive ketones (excluding diaryl/α,β-unsaturated/α-hetero) is 2. The molecule has 3 saturated heterocycles. The molecule has 0 radical (unpaired) electrons. The van der Waals surface area contributed by atoms with Crippen molar-refractivity contribution in [2.45, 2.75) is 85.0 Å². The van der Waals surface area contributed by atoms with Crippen LogP contribution in [-0.2, 0) is 22.4 Å². The minimum absolute atomic E-state index is 0. The summed E-state index contributed by atoms with van der Waals surface area (Å²) in [7, 11) is 0. The first-order chi connectivity index (χ1) is 25.7. The van der Waals surface area contributed by atoms with Crippen LogP contribution in [0.2, 0.25) is 5.02 Å². The molecule has 7 rings (SSSR count). The van der Waals surface area contributed by atoms with E-state index in [0.717, 1.165) is 81.3 Å². The van der Waals surface area contributed by atoms with E-state index in [-0.39, 0.29) is 30.6 Å². The van der Waals surface area contributed by atoms with E-state index in [1.165, 1.54) is 89.5 Å². The van der Waals surface area contributed by atoms with Crippen LogP contribution in [0.1, 0.15) is 87.5 Å². The predicted molar refractivity (Wildman–Crippen MR) is 236 cm³/mol. The molecule has 10 heteroatoms. The van der Waals surface area contributed by atoms with Crippen LogP contribution in [0.5, 0.6) is 0 Å². The van der Waals surface area contributed by atoms with Crippen LogP contribution >= 0.6 is 36.4 Å². The van der Waals surface area contributed by atoms with Gasteiger partial charge in [0.2, 0.25) is 0 Å². The third kappa shape index (κ3) is 13.8. The van der Waals surface area contributed by atoms with E-state index in [0.29, 0.717) is 18.9 Å². The van der Waals surface area contributed by atoms with Gasteiger partial charge in [-0.25, -0.2) is 0 Å². The monoisotopic (exact) mass is 815 g/mol. The fourth-order valence-corrected chi connectivity index (χ4v) is 9.49. The molecule has 0 N–H and O–H groups in total. The number of halogens is 3. The minimum atomic E-state index is 0. The van der Waals surface area contributed by atoms with Crippen molar-refractivity contribution in [3.63, 3.8) is 0 Å². The summed E-state index contributed by atoms with van der Waals surface area (Å²) in [6.45, 7) is 20.3. The van der Waals surface area contributed by atoms with E-state index in [9.17, 15) is 9.59 Å². The molecule has 1 aliphatic carbocycles. The van der Waals surface area contributed by atoms with Crippen LogP contribution in [0.4, 0.5) is 5.69 Å². The van der Waals surface area contributed by atoms with E-state index >= 15 is 0 Å². The highest BCUT2D eigenvalue weighted by molar-refractivity contribution is 6.31. The Kier molecular flexibility index (Phi) is 19.0. The van der Waals surface area contributed by atoms with Crippen molar-refractivity contribution in [1.29, 1.82) is 0 Å². The molecule has 0 amide bonds. The van der Waals surface area contributed by atoms with E-state index < -0.39 is 0 Å². The second-order valence-corrected chi connectivity index (χ2v) is 17.2. The van der Waals surface area contributed by atoms with Gasteiger partial charge < -0.3 is 4.90 Å². The van der Waals surface area contributed by atoms with Crippen molar-refractivity contribution in [3.05, 3.63) is 69.8 Å². The van der Waals surface area contributed by atoms with Gasteiger partial charge in [0.1, 0.15) is 11.6 Å². The summed E-state index contributed by atoms with van der Waals surface area (Å²) < 4.78 is 0. The molecule has 0 saturated carbocycles. The number of carbonyl (C=O) groups excluding carboxylic acids is 2. The molecule has 3 fully saturated rings. The van der Waals surface area contributed by atoms with Gasteiger partial charge in [-0.05, 0) is 176 Å².